The average Bonchev–Trinajstić information content (AvgIpc) is 2.71. The van der Waals surface area contributed by atoms with E-state index in [1.165, 1.54) is 11.1 Å². The first kappa shape index (κ1) is 29.1. The van der Waals surface area contributed by atoms with Crippen molar-refractivity contribution in [3.05, 3.63) is 53.3 Å². The number of alkyl halides is 4. The van der Waals surface area contributed by atoms with Crippen LogP contribution in [0.25, 0.3) is 0 Å². The van der Waals surface area contributed by atoms with Gasteiger partial charge >= 0.3 is 0 Å². The van der Waals surface area contributed by atoms with E-state index in [0.717, 1.165) is 48.7 Å². The van der Waals surface area contributed by atoms with Gasteiger partial charge in [-0.25, -0.2) is 0 Å². The van der Waals surface area contributed by atoms with E-state index in [0.29, 0.717) is 13.2 Å². The molecule has 0 atom stereocenters. The number of hydrogen-bond acceptors (Lipinski definition) is 2. The molecule has 2 rings (SSSR count). The fourth-order valence-corrected chi connectivity index (χ4v) is 5.88. The van der Waals surface area contributed by atoms with Crippen molar-refractivity contribution >= 4 is 127 Å². The summed E-state index contributed by atoms with van der Waals surface area (Å²) in [7, 11) is 0. The molecule has 0 bridgehead atoms. The van der Waals surface area contributed by atoms with Gasteiger partial charge in [0.1, 0.15) is 11.5 Å². The molecule has 2 aromatic carbocycles. The lowest BCUT2D eigenvalue weighted by Gasteiger charge is -2.22. The average molecular weight is 944 g/mol. The summed E-state index contributed by atoms with van der Waals surface area (Å²) >= 11 is 28.9. The molecule has 10 heteroatoms. The van der Waals surface area contributed by atoms with Gasteiger partial charge in [0.2, 0.25) is 0 Å². The lowest BCUT2D eigenvalue weighted by Crippen LogP contribution is -2.06. The van der Waals surface area contributed by atoms with E-state index in [-0.39, 0.29) is 13.4 Å². The molecule has 0 saturated heterocycles. The molecule has 0 saturated carbocycles. The van der Waals surface area contributed by atoms with Gasteiger partial charge in [-0.3, -0.25) is 0 Å². The summed E-state index contributed by atoms with van der Waals surface area (Å²) in [5, 5.41) is 0. The van der Waals surface area contributed by atoms with Crippen molar-refractivity contribution in [3.8, 4) is 11.5 Å². The Bertz CT molecular complexity index is 803. The molecule has 0 unspecified atom stereocenters. The fraction of sp³-hybridized carbons (Fsp3) is 0.429. The van der Waals surface area contributed by atoms with E-state index >= 15 is 0 Å². The van der Waals surface area contributed by atoms with E-state index in [2.05, 4.69) is 146 Å². The summed E-state index contributed by atoms with van der Waals surface area (Å²) in [6, 6.07) is 8.33. The van der Waals surface area contributed by atoms with Crippen molar-refractivity contribution in [1.29, 1.82) is 0 Å². The first-order valence-electron chi connectivity index (χ1n) is 9.44. The van der Waals surface area contributed by atoms with Crippen LogP contribution in [0.3, 0.4) is 0 Å². The zero-order valence-electron chi connectivity index (χ0n) is 16.4. The first-order chi connectivity index (χ1) is 14.7. The molecule has 0 spiro atoms. The lowest BCUT2D eigenvalue weighted by atomic mass is 9.89. The van der Waals surface area contributed by atoms with Gasteiger partial charge in [0.05, 0.1) is 29.6 Å². The third-order valence-corrected chi connectivity index (χ3v) is 10.7. The molecule has 0 N–H and O–H groups in total. The summed E-state index contributed by atoms with van der Waals surface area (Å²) in [5.74, 6) is 1.85. The van der Waals surface area contributed by atoms with Crippen molar-refractivity contribution in [1.82, 2.24) is 0 Å². The fourth-order valence-electron chi connectivity index (χ4n) is 2.98. The lowest BCUT2D eigenvalue weighted by molar-refractivity contribution is 0.315. The molecule has 0 aromatic heterocycles. The SMILES string of the molecule is CCC(c1ccc(OCCC(Br)Br)c(Br)c1Br)c1ccc(OCCC(Br)Br)c(Br)c1Br. The first-order valence-corrected chi connectivity index (χ1v) is 16.3. The van der Waals surface area contributed by atoms with Gasteiger partial charge in [0.25, 0.3) is 0 Å². The highest BCUT2D eigenvalue weighted by Crippen LogP contribution is 2.45. The summed E-state index contributed by atoms with van der Waals surface area (Å²) in [4.78, 5) is 0. The highest BCUT2D eigenvalue weighted by Gasteiger charge is 2.23. The minimum atomic E-state index is 0.198. The number of rotatable bonds is 11. The Hall–Kier alpha value is 1.88. The van der Waals surface area contributed by atoms with Gasteiger partial charge in [-0.15, -0.1) is 0 Å². The van der Waals surface area contributed by atoms with Crippen molar-refractivity contribution in [2.75, 3.05) is 13.2 Å². The summed E-state index contributed by atoms with van der Waals surface area (Å²) in [6.07, 6.45) is 2.68. The molecule has 0 amide bonds. The van der Waals surface area contributed by atoms with Crippen LogP contribution in [0.5, 0.6) is 11.5 Å². The maximum absolute atomic E-state index is 5.94. The number of hydrogen-bond donors (Lipinski definition) is 0. The second-order valence-electron chi connectivity index (χ2n) is 6.58. The standard InChI is InChI=1S/C21H20Br8O2/c1-2-11(12-3-5-14(20(28)18(12)26)30-9-7-16(22)23)13-4-6-15(21(29)19(13)27)31-10-8-17(24)25/h3-6,11,16-17H,2,7-10H2,1H3. The highest BCUT2D eigenvalue weighted by atomic mass is 79.9. The minimum Gasteiger partial charge on any atom is -0.492 e. The van der Waals surface area contributed by atoms with Crippen molar-refractivity contribution in [2.24, 2.45) is 0 Å². The Morgan fingerprint density at radius 1 is 0.645 bits per heavy atom. The predicted octanol–water partition coefficient (Wildman–Crippen LogP) is 11.0. The third kappa shape index (κ3) is 8.50. The Labute approximate surface area is 251 Å². The second-order valence-corrected chi connectivity index (χ2v) is 16.6. The van der Waals surface area contributed by atoms with E-state index in [4.69, 9.17) is 9.47 Å². The van der Waals surface area contributed by atoms with Gasteiger partial charge in [0, 0.05) is 27.7 Å². The molecule has 0 heterocycles. The molecule has 0 aliphatic heterocycles. The molecule has 0 radical (unpaired) electrons. The van der Waals surface area contributed by atoms with Crippen LogP contribution in [0.1, 0.15) is 43.2 Å². The van der Waals surface area contributed by atoms with Crippen LogP contribution < -0.4 is 9.47 Å². The number of ether oxygens (including phenoxy) is 2. The minimum absolute atomic E-state index is 0.198. The van der Waals surface area contributed by atoms with Crippen LogP contribution in [0.2, 0.25) is 0 Å². The van der Waals surface area contributed by atoms with Crippen LogP contribution in [0.4, 0.5) is 0 Å². The highest BCUT2D eigenvalue weighted by molar-refractivity contribution is 9.25. The summed E-state index contributed by atoms with van der Waals surface area (Å²) < 4.78 is 16.2. The Morgan fingerprint density at radius 3 is 1.35 bits per heavy atom. The van der Waals surface area contributed by atoms with Gasteiger partial charge in [-0.1, -0.05) is 82.8 Å². The maximum atomic E-state index is 5.94. The van der Waals surface area contributed by atoms with Gasteiger partial charge < -0.3 is 9.47 Å². The quantitative estimate of drug-likeness (QED) is 0.209. The zero-order valence-corrected chi connectivity index (χ0v) is 29.1. The molecule has 0 fully saturated rings. The Kier molecular flexibility index (Phi) is 13.6. The molecular weight excluding hydrogens is 923 g/mol. The van der Waals surface area contributed by atoms with Crippen LogP contribution in [0.15, 0.2) is 42.2 Å². The molecule has 0 aliphatic carbocycles. The normalized spacial score (nSPS) is 11.6. The molecular formula is C21H20Br8O2. The van der Waals surface area contributed by atoms with E-state index in [1.54, 1.807) is 0 Å². The van der Waals surface area contributed by atoms with Crippen molar-refractivity contribution in [3.63, 3.8) is 0 Å². The van der Waals surface area contributed by atoms with Crippen molar-refractivity contribution in [2.45, 2.75) is 39.6 Å². The molecule has 2 aromatic rings. The monoisotopic (exact) mass is 935 g/mol. The van der Waals surface area contributed by atoms with Crippen LogP contribution in [0, 0.1) is 0 Å². The smallest absolute Gasteiger partial charge is 0.134 e. The Morgan fingerprint density at radius 2 is 1.03 bits per heavy atom. The number of benzene rings is 2. The van der Waals surface area contributed by atoms with E-state index in [9.17, 15) is 0 Å². The number of halogens is 8. The zero-order chi connectivity index (χ0) is 23.1. The van der Waals surface area contributed by atoms with Gasteiger partial charge in [0.15, 0.2) is 0 Å². The van der Waals surface area contributed by atoms with Crippen molar-refractivity contribution < 1.29 is 9.47 Å². The molecule has 2 nitrogen and oxygen atoms in total. The van der Waals surface area contributed by atoms with E-state index < -0.39 is 0 Å². The molecule has 172 valence electrons. The topological polar surface area (TPSA) is 18.5 Å². The van der Waals surface area contributed by atoms with Crippen LogP contribution in [-0.4, -0.2) is 20.7 Å². The summed E-state index contributed by atoms with van der Waals surface area (Å²) in [5.41, 5.74) is 2.39. The molecule has 31 heavy (non-hydrogen) atoms. The predicted molar refractivity (Wildman–Crippen MR) is 159 cm³/mol. The van der Waals surface area contributed by atoms with Crippen LogP contribution >= 0.6 is 127 Å². The van der Waals surface area contributed by atoms with Crippen LogP contribution in [-0.2, 0) is 0 Å². The third-order valence-electron chi connectivity index (χ3n) is 4.50. The molecule has 0 aliphatic rings. The Balaban J connectivity index is 2.29. The van der Waals surface area contributed by atoms with Gasteiger partial charge in [-0.2, -0.15) is 0 Å². The summed E-state index contributed by atoms with van der Waals surface area (Å²) in [6.45, 7) is 3.43. The van der Waals surface area contributed by atoms with Gasteiger partial charge in [-0.05, 0) is 93.4 Å². The van der Waals surface area contributed by atoms with E-state index in [1.807, 2.05) is 12.1 Å². The second kappa shape index (κ2) is 14.4. The largest absolute Gasteiger partial charge is 0.492 e. The maximum Gasteiger partial charge on any atom is 0.134 e.